The molecule has 6 nitrogen and oxygen atoms in total. The lowest BCUT2D eigenvalue weighted by atomic mass is 9.41. The van der Waals surface area contributed by atoms with Crippen LogP contribution in [-0.4, -0.2) is 56.4 Å². The number of fused-ring (bicyclic) bond motifs is 5. The van der Waals surface area contributed by atoms with Crippen LogP contribution in [0.1, 0.15) is 79.1 Å². The van der Waals surface area contributed by atoms with Crippen LogP contribution in [-0.2, 0) is 4.79 Å². The molecule has 4 aliphatic rings. The van der Waals surface area contributed by atoms with Crippen LogP contribution < -0.4 is 0 Å². The van der Waals surface area contributed by atoms with E-state index in [2.05, 4.69) is 27.7 Å². The highest BCUT2D eigenvalue weighted by Crippen LogP contribution is 2.69. The first-order valence-corrected chi connectivity index (χ1v) is 13.4. The molecule has 33 heavy (non-hydrogen) atoms. The van der Waals surface area contributed by atoms with E-state index in [1.165, 1.54) is 0 Å². The van der Waals surface area contributed by atoms with Crippen LogP contribution in [0.4, 0.5) is 0 Å². The fourth-order valence-electron chi connectivity index (χ4n) is 9.76. The summed E-state index contributed by atoms with van der Waals surface area (Å²) in [7, 11) is 0. The third-order valence-electron chi connectivity index (χ3n) is 11.5. The first-order chi connectivity index (χ1) is 15.5. The molecule has 0 aliphatic heterocycles. The zero-order chi connectivity index (χ0) is 24.3. The molecule has 4 fully saturated rings. The van der Waals surface area contributed by atoms with E-state index in [-0.39, 0.29) is 65.0 Å². The van der Waals surface area contributed by atoms with Crippen LogP contribution >= 0.6 is 0 Å². The molecule has 0 amide bonds. The van der Waals surface area contributed by atoms with Crippen molar-refractivity contribution in [2.75, 3.05) is 6.61 Å². The maximum Gasteiger partial charge on any atom is 0.308 e. The van der Waals surface area contributed by atoms with Crippen molar-refractivity contribution in [1.82, 2.24) is 0 Å². The molecule has 13 atom stereocenters. The Morgan fingerprint density at radius 3 is 2.33 bits per heavy atom. The first-order valence-electron chi connectivity index (χ1n) is 13.4. The third kappa shape index (κ3) is 3.78. The summed E-state index contributed by atoms with van der Waals surface area (Å²) in [4.78, 5) is 11.5. The van der Waals surface area contributed by atoms with E-state index < -0.39 is 24.1 Å². The Bertz CT molecular complexity index is 727. The average molecular weight is 467 g/mol. The van der Waals surface area contributed by atoms with Gasteiger partial charge in [0.25, 0.3) is 0 Å². The van der Waals surface area contributed by atoms with Crippen LogP contribution in [0.25, 0.3) is 0 Å². The van der Waals surface area contributed by atoms with Crippen molar-refractivity contribution in [3.8, 4) is 0 Å². The number of carbonyl (C=O) groups is 1. The molecular formula is C27H46O6. The Labute approximate surface area is 198 Å². The molecule has 0 aromatic carbocycles. The Morgan fingerprint density at radius 2 is 1.73 bits per heavy atom. The molecule has 0 saturated heterocycles. The first kappa shape index (κ1) is 25.4. The van der Waals surface area contributed by atoms with Crippen molar-refractivity contribution in [1.29, 1.82) is 0 Å². The maximum absolute atomic E-state index is 11.8. The molecule has 0 aromatic rings. The van der Waals surface area contributed by atoms with Crippen molar-refractivity contribution < 1.29 is 30.3 Å². The van der Waals surface area contributed by atoms with Gasteiger partial charge in [0.1, 0.15) is 0 Å². The molecule has 5 N–H and O–H groups in total. The number of carboxylic acids is 1. The second kappa shape index (κ2) is 9.07. The highest BCUT2D eigenvalue weighted by Gasteiger charge is 2.67. The van der Waals surface area contributed by atoms with Gasteiger partial charge in [0.05, 0.1) is 30.8 Å². The van der Waals surface area contributed by atoms with Gasteiger partial charge in [-0.2, -0.15) is 0 Å². The van der Waals surface area contributed by atoms with Gasteiger partial charge in [0.15, 0.2) is 0 Å². The summed E-state index contributed by atoms with van der Waals surface area (Å²) < 4.78 is 0. The molecule has 0 spiro atoms. The smallest absolute Gasteiger partial charge is 0.308 e. The molecule has 0 heterocycles. The normalized spacial score (nSPS) is 51.2. The molecule has 0 aromatic heterocycles. The second-order valence-corrected chi connectivity index (χ2v) is 12.6. The molecule has 0 bridgehead atoms. The van der Waals surface area contributed by atoms with E-state index in [1.807, 2.05) is 0 Å². The van der Waals surface area contributed by atoms with Crippen LogP contribution in [0.2, 0.25) is 0 Å². The predicted molar refractivity (Wildman–Crippen MR) is 125 cm³/mol. The van der Waals surface area contributed by atoms with Crippen LogP contribution in [0.15, 0.2) is 0 Å². The Hall–Kier alpha value is -0.690. The Balaban J connectivity index is 1.65. The molecule has 0 radical (unpaired) electrons. The lowest BCUT2D eigenvalue weighted by molar-refractivity contribution is -0.228. The van der Waals surface area contributed by atoms with Crippen molar-refractivity contribution in [3.63, 3.8) is 0 Å². The van der Waals surface area contributed by atoms with Gasteiger partial charge < -0.3 is 25.5 Å². The van der Waals surface area contributed by atoms with Crippen molar-refractivity contribution >= 4 is 5.97 Å². The summed E-state index contributed by atoms with van der Waals surface area (Å²) in [6.07, 6.45) is 5.21. The monoisotopic (exact) mass is 466 g/mol. The van der Waals surface area contributed by atoms with Crippen molar-refractivity contribution in [2.24, 2.45) is 58.2 Å². The standard InChI is InChI=1S/C27H46O6/c1-5-17-20-11-16(29)8-9-26(20,3)21-12-22(30)27(4)18(6-7-19(27)23(21)24(17)31)14(2)10-15(13-28)25(32)33/h14-24,28-31H,5-13H2,1-4H3,(H,32,33)/t14-,15?,16-,17-,18-,19?,20+,21?,22+,23?,24?,26+,27-/m1/s1. The summed E-state index contributed by atoms with van der Waals surface area (Å²) in [5.41, 5.74) is -0.323. The number of rotatable bonds is 6. The zero-order valence-electron chi connectivity index (χ0n) is 20.9. The van der Waals surface area contributed by atoms with E-state index in [1.54, 1.807) is 0 Å². The molecule has 4 aliphatic carbocycles. The van der Waals surface area contributed by atoms with Gasteiger partial charge in [0, 0.05) is 0 Å². The SMILES string of the molecule is CC[C@H]1C(O)C2C3CC[C@H]([C@H](C)CC(CO)C(=O)O)[C@@]3(C)[C@@H](O)CC2[C@@]2(C)CC[C@@H](O)C[C@@H]12. The Morgan fingerprint density at radius 1 is 1.03 bits per heavy atom. The predicted octanol–water partition coefficient (Wildman–Crippen LogP) is 3.30. The summed E-state index contributed by atoms with van der Waals surface area (Å²) in [6.45, 7) is 8.43. The minimum absolute atomic E-state index is 0.0289. The largest absolute Gasteiger partial charge is 0.481 e. The molecule has 5 unspecified atom stereocenters. The van der Waals surface area contributed by atoms with Crippen LogP contribution in [0, 0.1) is 58.2 Å². The third-order valence-corrected chi connectivity index (χ3v) is 11.5. The number of hydrogen-bond donors (Lipinski definition) is 5. The van der Waals surface area contributed by atoms with E-state index in [0.717, 1.165) is 38.5 Å². The quantitative estimate of drug-likeness (QED) is 0.410. The number of carboxylic acid groups (broad SMARTS) is 1. The average Bonchev–Trinajstić information content (AvgIpc) is 3.12. The van der Waals surface area contributed by atoms with Crippen molar-refractivity contribution in [2.45, 2.75) is 97.4 Å². The van der Waals surface area contributed by atoms with Gasteiger partial charge in [-0.3, -0.25) is 4.79 Å². The summed E-state index contributed by atoms with van der Waals surface area (Å²) >= 11 is 0. The van der Waals surface area contributed by atoms with Gasteiger partial charge in [-0.15, -0.1) is 0 Å². The van der Waals surface area contributed by atoms with Gasteiger partial charge in [-0.25, -0.2) is 0 Å². The maximum atomic E-state index is 11.8. The molecule has 6 heteroatoms. The highest BCUT2D eigenvalue weighted by atomic mass is 16.4. The summed E-state index contributed by atoms with van der Waals surface area (Å²) in [5, 5.41) is 52.9. The highest BCUT2D eigenvalue weighted by molar-refractivity contribution is 5.70. The number of aliphatic hydroxyl groups is 4. The van der Waals surface area contributed by atoms with Crippen LogP contribution in [0.3, 0.4) is 0 Å². The van der Waals surface area contributed by atoms with Crippen LogP contribution in [0.5, 0.6) is 0 Å². The van der Waals surface area contributed by atoms with Crippen molar-refractivity contribution in [3.05, 3.63) is 0 Å². The van der Waals surface area contributed by atoms with E-state index in [9.17, 15) is 30.3 Å². The minimum Gasteiger partial charge on any atom is -0.481 e. The lowest BCUT2D eigenvalue weighted by Gasteiger charge is -2.65. The van der Waals surface area contributed by atoms with E-state index in [4.69, 9.17) is 0 Å². The topological polar surface area (TPSA) is 118 Å². The number of hydrogen-bond acceptors (Lipinski definition) is 5. The molecule has 4 saturated carbocycles. The molecule has 190 valence electrons. The molecule has 4 rings (SSSR count). The Kier molecular flexibility index (Phi) is 6.98. The van der Waals surface area contributed by atoms with Gasteiger partial charge in [-0.1, -0.05) is 34.1 Å². The fraction of sp³-hybridized carbons (Fsp3) is 0.963. The summed E-state index contributed by atoms with van der Waals surface area (Å²) in [6, 6.07) is 0. The molecular weight excluding hydrogens is 420 g/mol. The summed E-state index contributed by atoms with van der Waals surface area (Å²) in [5.74, 6) is -0.402. The number of aliphatic hydroxyl groups excluding tert-OH is 4. The van der Waals surface area contributed by atoms with E-state index in [0.29, 0.717) is 12.8 Å². The lowest BCUT2D eigenvalue weighted by Crippen LogP contribution is -2.65. The van der Waals surface area contributed by atoms with Gasteiger partial charge in [-0.05, 0) is 97.2 Å². The zero-order valence-corrected chi connectivity index (χ0v) is 20.9. The minimum atomic E-state index is -0.958. The second-order valence-electron chi connectivity index (χ2n) is 12.6. The van der Waals surface area contributed by atoms with Gasteiger partial charge in [0.2, 0.25) is 0 Å². The number of aliphatic carboxylic acids is 1. The fourth-order valence-corrected chi connectivity index (χ4v) is 9.76. The van der Waals surface area contributed by atoms with Gasteiger partial charge >= 0.3 is 5.97 Å². The van der Waals surface area contributed by atoms with E-state index >= 15 is 0 Å².